The van der Waals surface area contributed by atoms with Crippen LogP contribution in [0, 0.1) is 0 Å². The molecular weight excluding hydrogens is 967 g/mol. The molecule has 3 aromatic rings. The number of allylic oxidation sites excluding steroid dienone is 5. The highest BCUT2D eigenvalue weighted by Gasteiger charge is 2.48. The number of anilines is 1. The van der Waals surface area contributed by atoms with Crippen LogP contribution in [-0.2, 0) is 59.7 Å². The molecule has 3 N–H and O–H groups in total. The molecule has 0 spiro atoms. The Labute approximate surface area is 407 Å². The van der Waals surface area contributed by atoms with Gasteiger partial charge in [-0.3, -0.25) is 23.2 Å². The molecule has 4 heterocycles. The van der Waals surface area contributed by atoms with Crippen molar-refractivity contribution < 1.29 is 72.2 Å². The van der Waals surface area contributed by atoms with Crippen LogP contribution in [0.25, 0.3) is 16.9 Å². The van der Waals surface area contributed by atoms with Crippen LogP contribution in [0.3, 0.4) is 0 Å². The van der Waals surface area contributed by atoms with E-state index in [1.54, 1.807) is 23.8 Å². The number of carbonyl (C=O) groups excluding carboxylic acids is 3. The molecule has 70 heavy (non-hydrogen) atoms. The van der Waals surface area contributed by atoms with Crippen molar-refractivity contribution in [1.29, 1.82) is 0 Å². The number of imide groups is 1. The van der Waals surface area contributed by atoms with Gasteiger partial charge in [-0.25, -0.2) is 4.79 Å². The number of fused-ring (bicyclic) bond motifs is 3. The molecule has 1 atom stereocenters. The van der Waals surface area contributed by atoms with Gasteiger partial charge in [0, 0.05) is 85.5 Å². The molecule has 2 amide bonds. The van der Waals surface area contributed by atoms with Crippen LogP contribution in [0.5, 0.6) is 5.75 Å². The first kappa shape index (κ1) is 52.0. The van der Waals surface area contributed by atoms with Crippen LogP contribution in [0.1, 0.15) is 94.4 Å². The summed E-state index contributed by atoms with van der Waals surface area (Å²) in [4.78, 5) is 44.1. The largest absolute Gasteiger partial charge is 0.456 e. The highest BCUT2D eigenvalue weighted by atomic mass is 32.2. The Balaban J connectivity index is 1.34. The smallest absolute Gasteiger partial charge is 0.333 e. The predicted octanol–water partition coefficient (Wildman–Crippen LogP) is 6.71. The van der Waals surface area contributed by atoms with Crippen molar-refractivity contribution >= 4 is 82.1 Å². The van der Waals surface area contributed by atoms with Crippen LogP contribution < -0.4 is 9.64 Å². The quantitative estimate of drug-likeness (QED) is 0.0604. The van der Waals surface area contributed by atoms with Gasteiger partial charge in [0.25, 0.3) is 42.2 Å². The first-order valence-electron chi connectivity index (χ1n) is 22.6. The number of rotatable bonds is 20. The molecule has 0 aromatic heterocycles. The molecule has 1 saturated heterocycles. The maximum atomic E-state index is 13.0. The number of carbonyl (C=O) groups is 3. The summed E-state index contributed by atoms with van der Waals surface area (Å²) < 4.78 is 116. The standard InChI is InChI=1S/C49H55N3O15S3/c1-48(2)32-35(21-25-65-4)37-30-38-34(28-42(33-12-6-5-7-13-33)66-43(38)31-41(37)51(48)24-11-27-69(59,60)61)14-8-15-44-49(3,22-9-16-47(55)67-52-45(53)19-20-46(52)54)39-29-36(70(62,63)64)17-18-40(39)50(44)23-10-26-68(56,57)58/h5-8,12-15,17-18,28-32H,9-11,16,19-27H2,1-4H3,(H2-,56,57,58,59,60,61,62,63,64)/p+1. The number of hydrogen-bond donors (Lipinski definition) is 3. The van der Waals surface area contributed by atoms with E-state index in [4.69, 9.17) is 14.3 Å². The minimum atomic E-state index is -4.71. The fourth-order valence-corrected chi connectivity index (χ4v) is 11.0. The average Bonchev–Trinajstić information content (AvgIpc) is 3.71. The first-order chi connectivity index (χ1) is 32.9. The van der Waals surface area contributed by atoms with Crippen molar-refractivity contribution in [2.75, 3.05) is 43.2 Å². The number of ether oxygens (including phenoxy) is 2. The van der Waals surface area contributed by atoms with Gasteiger partial charge < -0.3 is 19.2 Å². The number of methoxy groups -OCH3 is 1. The molecule has 7 rings (SSSR count). The Kier molecular flexibility index (Phi) is 15.2. The van der Waals surface area contributed by atoms with Crippen molar-refractivity contribution in [2.24, 2.45) is 0 Å². The van der Waals surface area contributed by atoms with E-state index in [1.165, 1.54) is 18.2 Å². The molecule has 0 aliphatic carbocycles. The van der Waals surface area contributed by atoms with Crippen molar-refractivity contribution in [2.45, 2.75) is 88.0 Å². The second kappa shape index (κ2) is 20.5. The number of hydroxylamine groups is 2. The SMILES string of the molecule is COCCC1=CC(C)(C)N(CCCS(=O)(=O)O)c2cc3c(cc21)/C(=C/C=C/C1=[N+](CCCS(=O)(=O)O)c2ccc(S(=O)(=O)O)cc2C1(C)CCCC(=O)ON1C(=O)CCC1=O)C=C(c1ccccc1)O3. The fourth-order valence-electron chi connectivity index (χ4n) is 9.47. The van der Waals surface area contributed by atoms with Gasteiger partial charge in [-0.1, -0.05) is 48.6 Å². The molecule has 0 saturated carbocycles. The third-order valence-electron chi connectivity index (χ3n) is 12.8. The third-order valence-corrected chi connectivity index (χ3v) is 15.2. The molecule has 4 aliphatic rings. The average molecular weight is 1020 g/mol. The lowest BCUT2D eigenvalue weighted by Gasteiger charge is -2.44. The molecule has 0 bridgehead atoms. The van der Waals surface area contributed by atoms with Crippen molar-refractivity contribution in [3.05, 3.63) is 113 Å². The van der Waals surface area contributed by atoms with Gasteiger partial charge in [-0.05, 0) is 81.9 Å². The molecule has 3 aromatic carbocycles. The van der Waals surface area contributed by atoms with E-state index >= 15 is 0 Å². The van der Waals surface area contributed by atoms with Gasteiger partial charge in [-0.2, -0.15) is 29.8 Å². The molecule has 374 valence electrons. The first-order valence-corrected chi connectivity index (χ1v) is 27.3. The maximum Gasteiger partial charge on any atom is 0.333 e. The van der Waals surface area contributed by atoms with Crippen LogP contribution in [0.4, 0.5) is 11.4 Å². The van der Waals surface area contributed by atoms with Crippen LogP contribution in [0.2, 0.25) is 0 Å². The topological polar surface area (TPSA) is 251 Å². The fraction of sp³-hybridized carbons (Fsp3) is 0.388. The number of nitrogens with zero attached hydrogens (tertiary/aromatic N) is 3. The zero-order valence-electron chi connectivity index (χ0n) is 39.2. The van der Waals surface area contributed by atoms with Gasteiger partial charge >= 0.3 is 5.97 Å². The molecular formula is C49H56N3O15S3+. The maximum absolute atomic E-state index is 13.0. The Morgan fingerprint density at radius 2 is 1.56 bits per heavy atom. The lowest BCUT2D eigenvalue weighted by Crippen LogP contribution is -2.46. The minimum Gasteiger partial charge on any atom is -0.456 e. The summed E-state index contributed by atoms with van der Waals surface area (Å²) in [6.07, 6.45) is 9.99. The summed E-state index contributed by atoms with van der Waals surface area (Å²) in [5.74, 6) is -2.08. The van der Waals surface area contributed by atoms with Crippen LogP contribution in [-0.4, -0.2) is 116 Å². The third kappa shape index (κ3) is 11.8. The van der Waals surface area contributed by atoms with Gasteiger partial charge in [0.1, 0.15) is 18.1 Å². The lowest BCUT2D eigenvalue weighted by atomic mass is 9.75. The summed E-state index contributed by atoms with van der Waals surface area (Å²) in [6, 6.07) is 17.4. The molecule has 4 aliphatic heterocycles. The zero-order valence-corrected chi connectivity index (χ0v) is 41.6. The molecule has 18 nitrogen and oxygen atoms in total. The predicted molar refractivity (Wildman–Crippen MR) is 261 cm³/mol. The molecule has 1 unspecified atom stereocenters. The van der Waals surface area contributed by atoms with Crippen LogP contribution >= 0.6 is 0 Å². The normalized spacial score (nSPS) is 19.6. The van der Waals surface area contributed by atoms with Gasteiger partial charge in [0.2, 0.25) is 5.69 Å². The van der Waals surface area contributed by atoms with E-state index in [-0.39, 0.29) is 51.5 Å². The second-order valence-corrected chi connectivity index (χ2v) is 22.8. The highest BCUT2D eigenvalue weighted by molar-refractivity contribution is 7.86. The summed E-state index contributed by atoms with van der Waals surface area (Å²) in [6.45, 7) is 6.62. The second-order valence-electron chi connectivity index (χ2n) is 18.2. The van der Waals surface area contributed by atoms with Crippen molar-refractivity contribution in [3.8, 4) is 5.75 Å². The monoisotopic (exact) mass is 1020 g/mol. The van der Waals surface area contributed by atoms with Crippen molar-refractivity contribution in [3.63, 3.8) is 0 Å². The van der Waals surface area contributed by atoms with E-state index < -0.39 is 75.5 Å². The van der Waals surface area contributed by atoms with E-state index in [9.17, 15) is 53.3 Å². The summed E-state index contributed by atoms with van der Waals surface area (Å²) >= 11 is 0. The zero-order chi connectivity index (χ0) is 50.8. The molecule has 0 radical (unpaired) electrons. The van der Waals surface area contributed by atoms with E-state index in [1.807, 2.05) is 75.4 Å². The van der Waals surface area contributed by atoms with Crippen molar-refractivity contribution in [1.82, 2.24) is 5.06 Å². The lowest BCUT2D eigenvalue weighted by molar-refractivity contribution is -0.437. The molecule has 1 fully saturated rings. The van der Waals surface area contributed by atoms with Crippen LogP contribution in [0.15, 0.2) is 95.9 Å². The van der Waals surface area contributed by atoms with E-state index in [2.05, 4.69) is 11.0 Å². The minimum absolute atomic E-state index is 0.0413. The van der Waals surface area contributed by atoms with Gasteiger partial charge in [-0.15, -0.1) is 5.06 Å². The van der Waals surface area contributed by atoms with Gasteiger partial charge in [0.05, 0.1) is 34.0 Å². The summed E-state index contributed by atoms with van der Waals surface area (Å²) in [7, 11) is -11.7. The van der Waals surface area contributed by atoms with E-state index in [0.717, 1.165) is 22.4 Å². The Morgan fingerprint density at radius 1 is 0.871 bits per heavy atom. The Morgan fingerprint density at radius 3 is 2.21 bits per heavy atom. The highest BCUT2D eigenvalue weighted by Crippen LogP contribution is 2.48. The Bertz CT molecular complexity index is 3090. The number of benzene rings is 3. The number of hydrogen-bond acceptors (Lipinski definition) is 13. The summed E-state index contributed by atoms with van der Waals surface area (Å²) in [5.41, 5.74) is 4.63. The van der Waals surface area contributed by atoms with E-state index in [0.29, 0.717) is 64.2 Å². The Hall–Kier alpha value is -5.81. The molecule has 21 heteroatoms. The number of amides is 2. The van der Waals surface area contributed by atoms with Gasteiger partial charge in [0.15, 0.2) is 5.71 Å². The summed E-state index contributed by atoms with van der Waals surface area (Å²) in [5, 5.41) is 0.460.